The Balaban J connectivity index is 2.39. The number of hydrogen-bond donors (Lipinski definition) is 1. The van der Waals surface area contributed by atoms with Crippen LogP contribution < -0.4 is 5.32 Å². The molecule has 0 aromatic carbocycles. The lowest BCUT2D eigenvalue weighted by Gasteiger charge is -2.30. The van der Waals surface area contributed by atoms with E-state index in [-0.39, 0.29) is 6.04 Å². The molecule has 102 valence electrons. The first-order valence-corrected chi connectivity index (χ1v) is 8.33. The van der Waals surface area contributed by atoms with Crippen molar-refractivity contribution in [1.82, 2.24) is 10.2 Å². The molecule has 1 saturated heterocycles. The Morgan fingerprint density at radius 3 is 2.53 bits per heavy atom. The lowest BCUT2D eigenvalue weighted by Crippen LogP contribution is -2.45. The van der Waals surface area contributed by atoms with Crippen LogP contribution in [-0.2, 0) is 9.84 Å². The van der Waals surface area contributed by atoms with Gasteiger partial charge in [0.25, 0.3) is 0 Å². The monoisotopic (exact) mass is 262 g/mol. The Morgan fingerprint density at radius 1 is 1.41 bits per heavy atom. The highest BCUT2D eigenvalue weighted by Crippen LogP contribution is 2.18. The molecule has 4 nitrogen and oxygen atoms in total. The lowest BCUT2D eigenvalue weighted by atomic mass is 10.1. The molecule has 5 heteroatoms. The van der Waals surface area contributed by atoms with Crippen LogP contribution in [0.15, 0.2) is 0 Å². The number of likely N-dealkylation sites (N-methyl/N-ethyl adjacent to an activating group) is 1. The molecule has 1 N–H and O–H groups in total. The van der Waals surface area contributed by atoms with E-state index in [0.717, 1.165) is 19.4 Å². The second-order valence-corrected chi connectivity index (χ2v) is 7.52. The van der Waals surface area contributed by atoms with E-state index in [4.69, 9.17) is 0 Å². The van der Waals surface area contributed by atoms with Crippen LogP contribution in [0.25, 0.3) is 0 Å². The molecule has 1 heterocycles. The molecule has 17 heavy (non-hydrogen) atoms. The summed E-state index contributed by atoms with van der Waals surface area (Å²) in [5.41, 5.74) is 0. The largest absolute Gasteiger partial charge is 0.313 e. The molecule has 1 aliphatic rings. The molecule has 1 aliphatic heterocycles. The first-order valence-electron chi connectivity index (χ1n) is 6.51. The number of nitrogens with one attached hydrogen (secondary N) is 1. The fraction of sp³-hybridized carbons (Fsp3) is 1.00. The highest BCUT2D eigenvalue weighted by Gasteiger charge is 2.32. The van der Waals surface area contributed by atoms with Crippen molar-refractivity contribution >= 4 is 9.84 Å². The molecule has 1 rings (SSSR count). The molecule has 3 unspecified atom stereocenters. The normalized spacial score (nSPS) is 27.2. The second-order valence-electron chi connectivity index (χ2n) is 5.29. The van der Waals surface area contributed by atoms with Crippen molar-refractivity contribution in [2.24, 2.45) is 0 Å². The van der Waals surface area contributed by atoms with E-state index in [1.165, 1.54) is 0 Å². The fourth-order valence-electron chi connectivity index (χ4n) is 2.12. The zero-order chi connectivity index (χ0) is 13.1. The van der Waals surface area contributed by atoms with E-state index < -0.39 is 9.84 Å². The van der Waals surface area contributed by atoms with Crippen molar-refractivity contribution in [2.75, 3.05) is 25.1 Å². The average molecular weight is 262 g/mol. The Morgan fingerprint density at radius 2 is 2.06 bits per heavy atom. The van der Waals surface area contributed by atoms with Crippen LogP contribution in [0.3, 0.4) is 0 Å². The van der Waals surface area contributed by atoms with Crippen LogP contribution in [0.2, 0.25) is 0 Å². The lowest BCUT2D eigenvalue weighted by molar-refractivity contribution is 0.192. The molecule has 0 bridgehead atoms. The van der Waals surface area contributed by atoms with Crippen molar-refractivity contribution in [2.45, 2.75) is 51.7 Å². The molecule has 0 amide bonds. The maximum absolute atomic E-state index is 11.4. The number of sulfone groups is 1. The number of nitrogens with zero attached hydrogens (tertiary/aromatic N) is 1. The van der Waals surface area contributed by atoms with Gasteiger partial charge in [0, 0.05) is 24.7 Å². The van der Waals surface area contributed by atoms with Gasteiger partial charge in [-0.2, -0.15) is 0 Å². The summed E-state index contributed by atoms with van der Waals surface area (Å²) in [5, 5.41) is 3.47. The third-order valence-electron chi connectivity index (χ3n) is 3.85. The zero-order valence-electron chi connectivity index (χ0n) is 11.4. The van der Waals surface area contributed by atoms with Gasteiger partial charge in [0.15, 0.2) is 9.84 Å². The second kappa shape index (κ2) is 6.16. The van der Waals surface area contributed by atoms with Gasteiger partial charge in [-0.05, 0) is 33.7 Å². The van der Waals surface area contributed by atoms with E-state index in [2.05, 4.69) is 31.0 Å². The standard InChI is InChI=1S/C12H26N2O2S/c1-5-10(2)13-8-11(3)14(4)12-6-7-17(15,16)9-12/h10-13H,5-9H2,1-4H3. The molecular formula is C12H26N2O2S. The minimum Gasteiger partial charge on any atom is -0.313 e. The van der Waals surface area contributed by atoms with Gasteiger partial charge in [-0.1, -0.05) is 6.92 Å². The van der Waals surface area contributed by atoms with E-state index in [1.54, 1.807) is 0 Å². The average Bonchev–Trinajstić information content (AvgIpc) is 2.64. The van der Waals surface area contributed by atoms with E-state index in [9.17, 15) is 8.42 Å². The Hall–Kier alpha value is -0.130. The smallest absolute Gasteiger partial charge is 0.151 e. The van der Waals surface area contributed by atoms with Crippen molar-refractivity contribution in [3.05, 3.63) is 0 Å². The minimum absolute atomic E-state index is 0.203. The van der Waals surface area contributed by atoms with Crippen LogP contribution in [0.5, 0.6) is 0 Å². The van der Waals surface area contributed by atoms with E-state index >= 15 is 0 Å². The number of rotatable bonds is 6. The van der Waals surface area contributed by atoms with Crippen molar-refractivity contribution in [1.29, 1.82) is 0 Å². The van der Waals surface area contributed by atoms with Crippen molar-refractivity contribution < 1.29 is 8.42 Å². The highest BCUT2D eigenvalue weighted by atomic mass is 32.2. The number of hydrogen-bond acceptors (Lipinski definition) is 4. The molecule has 1 fully saturated rings. The summed E-state index contributed by atoms with van der Waals surface area (Å²) < 4.78 is 22.9. The maximum Gasteiger partial charge on any atom is 0.151 e. The van der Waals surface area contributed by atoms with Crippen LogP contribution in [0.4, 0.5) is 0 Å². The summed E-state index contributed by atoms with van der Waals surface area (Å²) >= 11 is 0. The molecule has 0 saturated carbocycles. The SMILES string of the molecule is CCC(C)NCC(C)N(C)C1CCS(=O)(=O)C1. The molecule has 3 atom stereocenters. The first kappa shape index (κ1) is 14.9. The molecular weight excluding hydrogens is 236 g/mol. The Labute approximate surface area is 106 Å². The highest BCUT2D eigenvalue weighted by molar-refractivity contribution is 7.91. The first-order chi connectivity index (χ1) is 7.85. The Kier molecular flexibility index (Phi) is 5.41. The summed E-state index contributed by atoms with van der Waals surface area (Å²) in [5.74, 6) is 0.685. The van der Waals surface area contributed by atoms with Crippen LogP contribution in [0, 0.1) is 0 Å². The summed E-state index contributed by atoms with van der Waals surface area (Å²) in [4.78, 5) is 2.21. The topological polar surface area (TPSA) is 49.4 Å². The molecule has 0 spiro atoms. The van der Waals surface area contributed by atoms with Crippen LogP contribution >= 0.6 is 0 Å². The van der Waals surface area contributed by atoms with Crippen molar-refractivity contribution in [3.8, 4) is 0 Å². The van der Waals surface area contributed by atoms with Crippen LogP contribution in [0.1, 0.15) is 33.6 Å². The molecule has 0 aromatic heterocycles. The fourth-order valence-corrected chi connectivity index (χ4v) is 3.90. The van der Waals surface area contributed by atoms with Gasteiger partial charge in [-0.25, -0.2) is 8.42 Å². The zero-order valence-corrected chi connectivity index (χ0v) is 12.3. The van der Waals surface area contributed by atoms with Gasteiger partial charge >= 0.3 is 0 Å². The maximum atomic E-state index is 11.4. The van der Waals surface area contributed by atoms with E-state index in [1.807, 2.05) is 7.05 Å². The molecule has 0 radical (unpaired) electrons. The van der Waals surface area contributed by atoms with Gasteiger partial charge in [-0.3, -0.25) is 4.90 Å². The predicted molar refractivity (Wildman–Crippen MR) is 72.0 cm³/mol. The minimum atomic E-state index is -2.77. The van der Waals surface area contributed by atoms with Gasteiger partial charge in [0.2, 0.25) is 0 Å². The van der Waals surface area contributed by atoms with Gasteiger partial charge < -0.3 is 5.32 Å². The van der Waals surface area contributed by atoms with Gasteiger partial charge in [-0.15, -0.1) is 0 Å². The third kappa shape index (κ3) is 4.56. The predicted octanol–water partition coefficient (Wildman–Crippen LogP) is 0.882. The summed E-state index contributed by atoms with van der Waals surface area (Å²) in [6.45, 7) is 7.41. The van der Waals surface area contributed by atoms with Gasteiger partial charge in [0.1, 0.15) is 0 Å². The summed E-state index contributed by atoms with van der Waals surface area (Å²) in [7, 11) is -0.736. The summed E-state index contributed by atoms with van der Waals surface area (Å²) in [6.07, 6.45) is 1.90. The molecule has 0 aromatic rings. The van der Waals surface area contributed by atoms with Gasteiger partial charge in [0.05, 0.1) is 11.5 Å². The third-order valence-corrected chi connectivity index (χ3v) is 5.60. The van der Waals surface area contributed by atoms with E-state index in [0.29, 0.717) is 23.6 Å². The van der Waals surface area contributed by atoms with Crippen molar-refractivity contribution in [3.63, 3.8) is 0 Å². The Bertz CT molecular complexity index is 329. The van der Waals surface area contributed by atoms with Crippen LogP contribution in [-0.4, -0.2) is 56.5 Å². The summed E-state index contributed by atoms with van der Waals surface area (Å²) in [6, 6.07) is 1.11. The quantitative estimate of drug-likeness (QED) is 0.772. The molecule has 0 aliphatic carbocycles.